The lowest BCUT2D eigenvalue weighted by Gasteiger charge is -2.18. The lowest BCUT2D eigenvalue weighted by Crippen LogP contribution is -2.31. The van der Waals surface area contributed by atoms with Crippen molar-refractivity contribution in [3.05, 3.63) is 70.1 Å². The molecule has 2 rings (SSSR count). The molecule has 1 unspecified atom stereocenters. The fraction of sp³-hybridized carbons (Fsp3) is 0.214. The second-order valence-electron chi connectivity index (χ2n) is 4.37. The number of rotatable bonds is 3. The van der Waals surface area contributed by atoms with Crippen LogP contribution in [0.4, 0.5) is 13.2 Å². The van der Waals surface area contributed by atoms with Crippen LogP contribution in [0.15, 0.2) is 53.3 Å². The van der Waals surface area contributed by atoms with Crippen LogP contribution in [-0.4, -0.2) is 4.57 Å². The Morgan fingerprint density at radius 1 is 1.05 bits per heavy atom. The van der Waals surface area contributed by atoms with Gasteiger partial charge in [-0.1, -0.05) is 36.4 Å². The maximum atomic E-state index is 12.9. The molecule has 1 aromatic carbocycles. The standard InChI is InChI=1S/C14H13F3N2O/c15-14(16,17)12-7-4-8-13(20)19(12)9-11(18)10-5-2-1-3-6-10/h1-8,11H,9,18H2. The highest BCUT2D eigenvalue weighted by Gasteiger charge is 2.34. The van der Waals surface area contributed by atoms with Crippen molar-refractivity contribution in [3.63, 3.8) is 0 Å². The van der Waals surface area contributed by atoms with Gasteiger partial charge in [0.15, 0.2) is 0 Å². The van der Waals surface area contributed by atoms with Gasteiger partial charge >= 0.3 is 6.18 Å². The molecule has 0 aliphatic carbocycles. The first-order valence-corrected chi connectivity index (χ1v) is 5.97. The number of hydrogen-bond acceptors (Lipinski definition) is 2. The molecule has 0 radical (unpaired) electrons. The first kappa shape index (κ1) is 14.3. The Labute approximate surface area is 113 Å². The van der Waals surface area contributed by atoms with Crippen molar-refractivity contribution in [2.75, 3.05) is 0 Å². The monoisotopic (exact) mass is 282 g/mol. The van der Waals surface area contributed by atoms with Crippen molar-refractivity contribution >= 4 is 0 Å². The van der Waals surface area contributed by atoms with Crippen molar-refractivity contribution in [2.24, 2.45) is 5.73 Å². The molecule has 1 atom stereocenters. The molecule has 0 aliphatic heterocycles. The summed E-state index contributed by atoms with van der Waals surface area (Å²) in [6.07, 6.45) is -4.59. The summed E-state index contributed by atoms with van der Waals surface area (Å²) in [5, 5.41) is 0. The summed E-state index contributed by atoms with van der Waals surface area (Å²) in [5.41, 5.74) is 4.85. The molecule has 106 valence electrons. The van der Waals surface area contributed by atoms with E-state index in [2.05, 4.69) is 0 Å². The SMILES string of the molecule is NC(Cn1c(C(F)(F)F)cccc1=O)c1ccccc1. The molecule has 2 aromatic rings. The molecule has 0 fully saturated rings. The predicted molar refractivity (Wildman–Crippen MR) is 69.1 cm³/mol. The molecule has 3 nitrogen and oxygen atoms in total. The van der Waals surface area contributed by atoms with Gasteiger partial charge in [0.2, 0.25) is 0 Å². The van der Waals surface area contributed by atoms with Crippen molar-refractivity contribution in [1.82, 2.24) is 4.57 Å². The minimum absolute atomic E-state index is 0.224. The predicted octanol–water partition coefficient (Wildman–Crippen LogP) is 2.57. The van der Waals surface area contributed by atoms with Crippen LogP contribution in [0.3, 0.4) is 0 Å². The van der Waals surface area contributed by atoms with Crippen LogP contribution in [0, 0.1) is 0 Å². The van der Waals surface area contributed by atoms with E-state index in [0.717, 1.165) is 18.2 Å². The number of aromatic nitrogens is 1. The van der Waals surface area contributed by atoms with Gasteiger partial charge in [-0.05, 0) is 11.6 Å². The van der Waals surface area contributed by atoms with Crippen molar-refractivity contribution in [1.29, 1.82) is 0 Å². The van der Waals surface area contributed by atoms with Crippen LogP contribution in [0.1, 0.15) is 17.3 Å². The van der Waals surface area contributed by atoms with Crippen molar-refractivity contribution in [2.45, 2.75) is 18.8 Å². The third kappa shape index (κ3) is 3.08. The summed E-state index contributed by atoms with van der Waals surface area (Å²) in [6.45, 7) is -0.224. The van der Waals surface area contributed by atoms with Gasteiger partial charge in [0.25, 0.3) is 5.56 Å². The highest BCUT2D eigenvalue weighted by atomic mass is 19.4. The van der Waals surface area contributed by atoms with Gasteiger partial charge in [0.05, 0.1) is 0 Å². The normalized spacial score (nSPS) is 13.2. The van der Waals surface area contributed by atoms with Gasteiger partial charge in [-0.25, -0.2) is 0 Å². The van der Waals surface area contributed by atoms with Gasteiger partial charge in [0, 0.05) is 18.7 Å². The number of halogens is 3. The molecule has 2 N–H and O–H groups in total. The van der Waals surface area contributed by atoms with E-state index in [1.54, 1.807) is 30.3 Å². The Balaban J connectivity index is 2.37. The Morgan fingerprint density at radius 2 is 1.70 bits per heavy atom. The summed E-state index contributed by atoms with van der Waals surface area (Å²) < 4.78 is 39.3. The first-order chi connectivity index (χ1) is 9.39. The van der Waals surface area contributed by atoms with E-state index in [1.165, 1.54) is 0 Å². The van der Waals surface area contributed by atoms with E-state index in [-0.39, 0.29) is 6.54 Å². The summed E-state index contributed by atoms with van der Waals surface area (Å²) in [6, 6.07) is 11.1. The van der Waals surface area contributed by atoms with E-state index in [9.17, 15) is 18.0 Å². The minimum atomic E-state index is -4.59. The highest BCUT2D eigenvalue weighted by molar-refractivity contribution is 5.19. The van der Waals surface area contributed by atoms with Crippen LogP contribution in [0.5, 0.6) is 0 Å². The fourth-order valence-electron chi connectivity index (χ4n) is 1.96. The number of benzene rings is 1. The second kappa shape index (κ2) is 5.50. The van der Waals surface area contributed by atoms with Crippen LogP contribution in [-0.2, 0) is 12.7 Å². The van der Waals surface area contributed by atoms with Gasteiger partial charge in [-0.15, -0.1) is 0 Å². The summed E-state index contributed by atoms with van der Waals surface area (Å²) in [4.78, 5) is 11.7. The molecule has 0 spiro atoms. The van der Waals surface area contributed by atoms with Gasteiger partial charge in [-0.2, -0.15) is 13.2 Å². The van der Waals surface area contributed by atoms with Crippen LogP contribution < -0.4 is 11.3 Å². The molecule has 0 saturated carbocycles. The Morgan fingerprint density at radius 3 is 2.30 bits per heavy atom. The van der Waals surface area contributed by atoms with Gasteiger partial charge in [0.1, 0.15) is 5.69 Å². The quantitative estimate of drug-likeness (QED) is 0.940. The number of pyridine rings is 1. The van der Waals surface area contributed by atoms with Crippen LogP contribution >= 0.6 is 0 Å². The lowest BCUT2D eigenvalue weighted by atomic mass is 10.1. The molecule has 0 bridgehead atoms. The van der Waals surface area contributed by atoms with E-state index >= 15 is 0 Å². The molecule has 1 aromatic heterocycles. The molecule has 6 heteroatoms. The zero-order valence-corrected chi connectivity index (χ0v) is 10.5. The maximum Gasteiger partial charge on any atom is 0.431 e. The molecule has 0 saturated heterocycles. The first-order valence-electron chi connectivity index (χ1n) is 5.97. The molecule has 1 heterocycles. The zero-order chi connectivity index (χ0) is 14.8. The summed E-state index contributed by atoms with van der Waals surface area (Å²) in [5.74, 6) is 0. The molecular formula is C14H13F3N2O. The Hall–Kier alpha value is -2.08. The highest BCUT2D eigenvalue weighted by Crippen LogP contribution is 2.28. The topological polar surface area (TPSA) is 48.0 Å². The third-order valence-corrected chi connectivity index (χ3v) is 2.95. The minimum Gasteiger partial charge on any atom is -0.322 e. The summed E-state index contributed by atoms with van der Waals surface area (Å²) >= 11 is 0. The molecule has 0 aliphatic rings. The number of hydrogen-bond donors (Lipinski definition) is 1. The number of nitrogens with zero attached hydrogens (tertiary/aromatic N) is 1. The lowest BCUT2D eigenvalue weighted by molar-refractivity contribution is -0.144. The number of alkyl halides is 3. The average Bonchev–Trinajstić information content (AvgIpc) is 2.40. The average molecular weight is 282 g/mol. The molecular weight excluding hydrogens is 269 g/mol. The van der Waals surface area contributed by atoms with E-state index in [0.29, 0.717) is 10.1 Å². The maximum absolute atomic E-state index is 12.9. The van der Waals surface area contributed by atoms with E-state index in [4.69, 9.17) is 5.73 Å². The largest absolute Gasteiger partial charge is 0.431 e. The second-order valence-corrected chi connectivity index (χ2v) is 4.37. The smallest absolute Gasteiger partial charge is 0.322 e. The van der Waals surface area contributed by atoms with Crippen LogP contribution in [0.2, 0.25) is 0 Å². The van der Waals surface area contributed by atoms with E-state index in [1.807, 2.05) is 0 Å². The van der Waals surface area contributed by atoms with Gasteiger partial charge in [-0.3, -0.25) is 4.79 Å². The fourth-order valence-corrected chi connectivity index (χ4v) is 1.96. The Bertz CT molecular complexity index is 635. The van der Waals surface area contributed by atoms with E-state index < -0.39 is 23.5 Å². The summed E-state index contributed by atoms with van der Waals surface area (Å²) in [7, 11) is 0. The Kier molecular flexibility index (Phi) is 3.94. The molecule has 0 amide bonds. The van der Waals surface area contributed by atoms with Crippen LogP contribution in [0.25, 0.3) is 0 Å². The third-order valence-electron chi connectivity index (χ3n) is 2.95. The van der Waals surface area contributed by atoms with Gasteiger partial charge < -0.3 is 10.3 Å². The van der Waals surface area contributed by atoms with Crippen molar-refractivity contribution in [3.8, 4) is 0 Å². The number of nitrogens with two attached hydrogens (primary N) is 1. The molecule has 20 heavy (non-hydrogen) atoms. The zero-order valence-electron chi connectivity index (χ0n) is 10.5. The van der Waals surface area contributed by atoms with Crippen molar-refractivity contribution < 1.29 is 13.2 Å².